The molecule has 158 valence electrons. The quantitative estimate of drug-likeness (QED) is 0.589. The van der Waals surface area contributed by atoms with E-state index in [9.17, 15) is 14.7 Å². The summed E-state index contributed by atoms with van der Waals surface area (Å²) in [6.45, 7) is 15.0. The summed E-state index contributed by atoms with van der Waals surface area (Å²) >= 11 is 0. The van der Waals surface area contributed by atoms with E-state index in [1.165, 1.54) is 6.92 Å². The van der Waals surface area contributed by atoms with E-state index in [4.69, 9.17) is 9.47 Å². The van der Waals surface area contributed by atoms with Crippen LogP contribution in [0.3, 0.4) is 0 Å². The van der Waals surface area contributed by atoms with Crippen LogP contribution in [0.25, 0.3) is 0 Å². The summed E-state index contributed by atoms with van der Waals surface area (Å²) in [5.74, 6) is -0.369. The van der Waals surface area contributed by atoms with E-state index in [0.29, 0.717) is 19.3 Å². The van der Waals surface area contributed by atoms with E-state index >= 15 is 0 Å². The number of hydrogen-bond donors (Lipinski definition) is 1. The number of rotatable bonds is 9. The number of phenols is 1. The lowest BCUT2D eigenvalue weighted by molar-refractivity contribution is -0.173. The Hall–Kier alpha value is -2.04. The lowest BCUT2D eigenvalue weighted by atomic mass is 9.69. The van der Waals surface area contributed by atoms with E-state index in [0.717, 1.165) is 5.56 Å². The number of phenolic OH excluding ortho intramolecular Hbond substituents is 1. The third-order valence-electron chi connectivity index (χ3n) is 5.27. The molecule has 28 heavy (non-hydrogen) atoms. The average Bonchev–Trinajstić information content (AvgIpc) is 2.52. The van der Waals surface area contributed by atoms with Crippen LogP contribution in [0.4, 0.5) is 0 Å². The number of hydrogen-bond acceptors (Lipinski definition) is 5. The first-order valence-corrected chi connectivity index (χ1v) is 9.91. The second kappa shape index (κ2) is 8.97. The maximum Gasteiger partial charge on any atom is 0.312 e. The first kappa shape index (κ1) is 24.0. The van der Waals surface area contributed by atoms with E-state index in [1.807, 2.05) is 39.8 Å². The van der Waals surface area contributed by atoms with Crippen LogP contribution in [0.5, 0.6) is 5.75 Å². The minimum atomic E-state index is -0.745. The molecule has 5 heteroatoms. The van der Waals surface area contributed by atoms with Crippen molar-refractivity contribution in [3.05, 3.63) is 29.8 Å². The fourth-order valence-electron chi connectivity index (χ4n) is 3.76. The van der Waals surface area contributed by atoms with Crippen molar-refractivity contribution in [2.24, 2.45) is 5.41 Å². The summed E-state index contributed by atoms with van der Waals surface area (Å²) < 4.78 is 11.1. The van der Waals surface area contributed by atoms with Crippen LogP contribution in [0.2, 0.25) is 0 Å². The minimum Gasteiger partial charge on any atom is -0.508 e. The third-order valence-corrected chi connectivity index (χ3v) is 5.27. The van der Waals surface area contributed by atoms with E-state index in [-0.39, 0.29) is 29.2 Å². The fourth-order valence-corrected chi connectivity index (χ4v) is 3.76. The first-order chi connectivity index (χ1) is 12.7. The van der Waals surface area contributed by atoms with Crippen LogP contribution in [0.15, 0.2) is 24.3 Å². The van der Waals surface area contributed by atoms with Gasteiger partial charge in [-0.3, -0.25) is 9.59 Å². The molecule has 1 N–H and O–H groups in total. The van der Waals surface area contributed by atoms with Crippen LogP contribution >= 0.6 is 0 Å². The normalized spacial score (nSPS) is 15.4. The van der Waals surface area contributed by atoms with E-state index in [1.54, 1.807) is 19.1 Å². The number of benzene rings is 1. The van der Waals surface area contributed by atoms with Crippen LogP contribution in [0.1, 0.15) is 80.2 Å². The van der Waals surface area contributed by atoms with Gasteiger partial charge in [-0.05, 0) is 63.6 Å². The van der Waals surface area contributed by atoms with Crippen molar-refractivity contribution in [1.29, 1.82) is 0 Å². The Morgan fingerprint density at radius 3 is 2.07 bits per heavy atom. The van der Waals surface area contributed by atoms with Gasteiger partial charge < -0.3 is 14.6 Å². The number of carbonyl (C=O) groups is 2. The van der Waals surface area contributed by atoms with Crippen molar-refractivity contribution in [2.75, 3.05) is 0 Å². The number of carbonyl (C=O) groups excluding carboxylic acids is 2. The Balaban J connectivity index is 2.92. The highest BCUT2D eigenvalue weighted by Gasteiger charge is 2.42. The number of aromatic hydroxyl groups is 1. The molecule has 2 atom stereocenters. The molecule has 0 fully saturated rings. The minimum absolute atomic E-state index is 0.223. The smallest absolute Gasteiger partial charge is 0.312 e. The molecule has 0 aromatic heterocycles. The zero-order chi connectivity index (χ0) is 21.8. The molecule has 0 aliphatic carbocycles. The van der Waals surface area contributed by atoms with Gasteiger partial charge in [0.1, 0.15) is 17.5 Å². The maximum absolute atomic E-state index is 13.1. The summed E-state index contributed by atoms with van der Waals surface area (Å²) in [5, 5.41) is 9.54. The van der Waals surface area contributed by atoms with Crippen LogP contribution < -0.4 is 0 Å². The molecule has 1 rings (SSSR count). The van der Waals surface area contributed by atoms with Gasteiger partial charge in [0.05, 0.1) is 5.41 Å². The second-order valence-corrected chi connectivity index (χ2v) is 9.30. The summed E-state index contributed by atoms with van der Waals surface area (Å²) in [5.41, 5.74) is -0.623. The lowest BCUT2D eigenvalue weighted by Gasteiger charge is -2.38. The Morgan fingerprint density at radius 2 is 1.61 bits per heavy atom. The molecule has 0 heterocycles. The van der Waals surface area contributed by atoms with Crippen molar-refractivity contribution in [1.82, 2.24) is 0 Å². The van der Waals surface area contributed by atoms with Gasteiger partial charge in [-0.25, -0.2) is 0 Å². The Kier molecular flexibility index (Phi) is 7.69. The molecule has 1 aromatic carbocycles. The van der Waals surface area contributed by atoms with Gasteiger partial charge in [-0.15, -0.1) is 0 Å². The van der Waals surface area contributed by atoms with E-state index in [2.05, 4.69) is 13.8 Å². The van der Waals surface area contributed by atoms with Gasteiger partial charge in [0.2, 0.25) is 0 Å². The lowest BCUT2D eigenvalue weighted by Crippen LogP contribution is -2.41. The predicted molar refractivity (Wildman–Crippen MR) is 110 cm³/mol. The number of esters is 2. The monoisotopic (exact) mass is 392 g/mol. The molecule has 0 saturated carbocycles. The molecule has 0 spiro atoms. The average molecular weight is 393 g/mol. The molecule has 0 amide bonds. The molecular weight excluding hydrogens is 356 g/mol. The number of ether oxygens (including phenoxy) is 2. The zero-order valence-electron chi connectivity index (χ0n) is 18.6. The molecule has 0 aliphatic rings. The zero-order valence-corrected chi connectivity index (χ0v) is 18.6. The Morgan fingerprint density at radius 1 is 1.07 bits per heavy atom. The first-order valence-electron chi connectivity index (χ1n) is 9.91. The van der Waals surface area contributed by atoms with Crippen LogP contribution in [-0.4, -0.2) is 28.8 Å². The van der Waals surface area contributed by atoms with Gasteiger partial charge in [-0.1, -0.05) is 32.9 Å². The van der Waals surface area contributed by atoms with Crippen molar-refractivity contribution < 1.29 is 24.2 Å². The second-order valence-electron chi connectivity index (χ2n) is 9.30. The summed E-state index contributed by atoms with van der Waals surface area (Å²) in [6, 6.07) is 7.11. The maximum atomic E-state index is 13.1. The summed E-state index contributed by atoms with van der Waals surface area (Å²) in [4.78, 5) is 24.2. The Bertz CT molecular complexity index is 675. The van der Waals surface area contributed by atoms with Gasteiger partial charge in [-0.2, -0.15) is 0 Å². The predicted octanol–water partition coefficient (Wildman–Crippen LogP) is 5.14. The van der Waals surface area contributed by atoms with Gasteiger partial charge in [0, 0.05) is 13.3 Å². The van der Waals surface area contributed by atoms with Gasteiger partial charge in [0.25, 0.3) is 0 Å². The Labute approximate surface area is 169 Å². The molecule has 0 aliphatic heterocycles. The van der Waals surface area contributed by atoms with Gasteiger partial charge in [0.15, 0.2) is 0 Å². The molecule has 0 saturated heterocycles. The highest BCUT2D eigenvalue weighted by atomic mass is 16.6. The fraction of sp³-hybridized carbons (Fsp3) is 0.652. The van der Waals surface area contributed by atoms with Crippen molar-refractivity contribution in [3.8, 4) is 5.75 Å². The molecule has 0 radical (unpaired) electrons. The summed E-state index contributed by atoms with van der Waals surface area (Å²) in [7, 11) is 0. The third kappa shape index (κ3) is 6.84. The molecule has 2 unspecified atom stereocenters. The van der Waals surface area contributed by atoms with Crippen LogP contribution in [-0.2, 0) is 24.5 Å². The van der Waals surface area contributed by atoms with Crippen molar-refractivity contribution in [2.45, 2.75) is 91.8 Å². The summed E-state index contributed by atoms with van der Waals surface area (Å²) in [6.07, 6.45) is 1.35. The van der Waals surface area contributed by atoms with Crippen molar-refractivity contribution in [3.63, 3.8) is 0 Å². The topological polar surface area (TPSA) is 72.8 Å². The molecule has 5 nitrogen and oxygen atoms in total. The van der Waals surface area contributed by atoms with Gasteiger partial charge >= 0.3 is 11.9 Å². The standard InChI is InChI=1S/C23H36O5/c1-9-23(8,15-21(4,5)18-10-12-19(25)13-11-18)20(26)28-22(6,7)14-16(2)27-17(3)24/h10-13,16,25H,9,14-15H2,1-8H3. The highest BCUT2D eigenvalue weighted by molar-refractivity contribution is 5.77. The highest BCUT2D eigenvalue weighted by Crippen LogP contribution is 2.41. The van der Waals surface area contributed by atoms with Crippen LogP contribution in [0, 0.1) is 5.41 Å². The van der Waals surface area contributed by atoms with Crippen molar-refractivity contribution >= 4 is 11.9 Å². The molecular formula is C23H36O5. The SMILES string of the molecule is CCC(C)(CC(C)(C)c1ccc(O)cc1)C(=O)OC(C)(C)CC(C)OC(C)=O. The molecule has 0 bridgehead atoms. The largest absolute Gasteiger partial charge is 0.508 e. The van der Waals surface area contributed by atoms with E-state index < -0.39 is 11.0 Å². The molecule has 1 aromatic rings.